The Morgan fingerprint density at radius 2 is 0.697 bits per heavy atom. The van der Waals surface area contributed by atoms with Crippen molar-refractivity contribution < 1.29 is 240 Å². The van der Waals surface area contributed by atoms with Crippen LogP contribution in [0.2, 0.25) is 0 Å². The summed E-state index contributed by atoms with van der Waals surface area (Å²) in [7, 11) is 0. The highest BCUT2D eigenvalue weighted by Crippen LogP contribution is 2.48. The number of esters is 2. The summed E-state index contributed by atoms with van der Waals surface area (Å²) in [6.07, 6.45) is -10.8. The number of hydrogen-bond acceptors (Lipinski definition) is 32. The lowest BCUT2D eigenvalue weighted by molar-refractivity contribution is -0.313. The molecule has 36 nitrogen and oxygen atoms in total. The lowest BCUT2D eigenvalue weighted by atomic mass is 9.62. The van der Waals surface area contributed by atoms with Gasteiger partial charge in [-0.25, -0.2) is 81.5 Å². The molecule has 142 heavy (non-hydrogen) atoms. The van der Waals surface area contributed by atoms with E-state index in [9.17, 15) is 145 Å². The van der Waals surface area contributed by atoms with E-state index in [4.69, 9.17) is 30.4 Å². The number of carbonyl (C=O) groups excluding carboxylic acids is 6. The average molecular weight is 2150 g/mol. The minimum absolute atomic E-state index is 0.00687. The van der Waals surface area contributed by atoms with Crippen molar-refractivity contribution in [3.05, 3.63) is 24.3 Å². The molecule has 3 aliphatic carbocycles. The fourth-order valence-electron chi connectivity index (χ4n) is 13.6. The first-order valence-electron chi connectivity index (χ1n) is 43.1. The van der Waals surface area contributed by atoms with Gasteiger partial charge in [-0.1, -0.05) is 75.5 Å². The summed E-state index contributed by atoms with van der Waals surface area (Å²) < 4.78 is 339. The Bertz CT molecular complexity index is 3080. The number of aliphatic hydroxyl groups excluding tert-OH is 2. The van der Waals surface area contributed by atoms with Crippen LogP contribution in [0.15, 0.2) is 24.3 Å². The van der Waals surface area contributed by atoms with E-state index in [0.717, 1.165) is 77.7 Å². The molecular formula is C82H144F24N8O28. The summed E-state index contributed by atoms with van der Waals surface area (Å²) in [6.45, 7) is 15.7. The van der Waals surface area contributed by atoms with E-state index in [1.54, 1.807) is 0 Å². The van der Waals surface area contributed by atoms with Crippen molar-refractivity contribution >= 4 is 36.3 Å². The minimum Gasteiger partial charge on any atom is -0.460 e. The first-order chi connectivity index (χ1) is 66.2. The monoisotopic (exact) mass is 2140 g/mol. The zero-order valence-electron chi connectivity index (χ0n) is 81.3. The molecule has 0 spiro atoms. The van der Waals surface area contributed by atoms with Crippen LogP contribution in [-0.4, -0.2) is 347 Å². The Morgan fingerprint density at radius 1 is 0.387 bits per heavy atom. The molecular weight excluding hydrogens is 2000 g/mol. The number of nitrogens with one attached hydrogen (secondary N) is 6. The largest absolute Gasteiger partial charge is 0.460 e. The number of amides is 4. The third kappa shape index (κ3) is 94.0. The predicted octanol–water partition coefficient (Wildman–Crippen LogP) is 13.8. The zero-order valence-corrected chi connectivity index (χ0v) is 81.3. The minimum atomic E-state index is -3.87. The second-order valence-corrected chi connectivity index (χ2v) is 34.4. The maximum Gasteiger partial charge on any atom is 0.409 e. The van der Waals surface area contributed by atoms with Crippen LogP contribution in [0.3, 0.4) is 0 Å². The van der Waals surface area contributed by atoms with Crippen LogP contribution in [0.1, 0.15) is 134 Å². The van der Waals surface area contributed by atoms with Gasteiger partial charge in [0, 0.05) is 62.0 Å². The Labute approximate surface area is 808 Å². The van der Waals surface area contributed by atoms with Crippen molar-refractivity contribution in [2.24, 2.45) is 44.0 Å². The topological polar surface area (TPSA) is 458 Å². The fraction of sp³-hybridized carbons (Fsp3) is 0.878. The summed E-state index contributed by atoms with van der Waals surface area (Å²) in [5.41, 5.74) is 13.4. The van der Waals surface area contributed by atoms with Gasteiger partial charge in [0.1, 0.15) is 65.3 Å². The van der Waals surface area contributed by atoms with Gasteiger partial charge in [-0.2, -0.15) is 54.9 Å². The summed E-state index contributed by atoms with van der Waals surface area (Å²) in [4.78, 5) is 75.8. The summed E-state index contributed by atoms with van der Waals surface area (Å²) in [5, 5.41) is 35.6. The Kier molecular flexibility index (Phi) is 86.2. The zero-order chi connectivity index (χ0) is 110. The quantitative estimate of drug-likeness (QED) is 0.00675. The molecule has 848 valence electrons. The third-order valence-corrected chi connectivity index (χ3v) is 17.7. The molecule has 4 amide bonds. The number of halogens is 24. The molecule has 12 N–H and O–H groups in total. The SMILES string of the molecule is C=C(C)C(=O)OCCNC(=O)OCCF.C=C(C)C(=O)OCCNC(=O)OCF.CC1(C)CC(N)CC(C)(CNCC(O)COCCF)C1.CC1(C)CC(N)CC(C)(CNCC(O)COCF)C1.CC1(C)CC(NC(=O)OCF)CC(C)(CNC(=O)OCCF)C1.FCCOCC1CO1.FCOC(F)(F)COF.FCOC(F)(F)COF.FCOC(F)(F)COF.FCOC(F)(F)COF.FCOCC1CO1. The third-order valence-electron chi connectivity index (χ3n) is 17.7. The van der Waals surface area contributed by atoms with Gasteiger partial charge in [0.05, 0.1) is 78.2 Å². The highest BCUT2D eigenvalue weighted by molar-refractivity contribution is 5.87. The van der Waals surface area contributed by atoms with Crippen LogP contribution in [0.5, 0.6) is 0 Å². The van der Waals surface area contributed by atoms with E-state index in [0.29, 0.717) is 39.3 Å². The molecule has 60 heteroatoms. The van der Waals surface area contributed by atoms with E-state index in [-0.39, 0.29) is 140 Å². The number of hydrogen-bond donors (Lipinski definition) is 10. The van der Waals surface area contributed by atoms with Gasteiger partial charge in [0.25, 0.3) is 0 Å². The van der Waals surface area contributed by atoms with E-state index in [2.05, 4.69) is 177 Å². The van der Waals surface area contributed by atoms with Gasteiger partial charge in [0.15, 0.2) is 67.6 Å². The molecule has 0 radical (unpaired) electrons. The van der Waals surface area contributed by atoms with E-state index in [1.165, 1.54) is 13.8 Å². The molecule has 0 aromatic heterocycles. The predicted molar refractivity (Wildman–Crippen MR) is 456 cm³/mol. The summed E-state index contributed by atoms with van der Waals surface area (Å²) in [5.74, 6) is -1.06. The molecule has 5 aliphatic rings. The number of nitrogens with two attached hydrogens (primary N) is 2. The second kappa shape index (κ2) is 84.0. The molecule has 5 fully saturated rings. The van der Waals surface area contributed by atoms with Crippen molar-refractivity contribution in [3.63, 3.8) is 0 Å². The Hall–Kier alpha value is -6.98. The van der Waals surface area contributed by atoms with Crippen molar-refractivity contribution in [2.75, 3.05) is 233 Å². The van der Waals surface area contributed by atoms with Crippen LogP contribution in [0, 0.1) is 32.5 Å². The van der Waals surface area contributed by atoms with Gasteiger partial charge in [0.2, 0.25) is 13.7 Å². The number of epoxide rings is 2. The van der Waals surface area contributed by atoms with Gasteiger partial charge in [-0.05, 0) is 122 Å². The van der Waals surface area contributed by atoms with E-state index in [1.807, 2.05) is 6.92 Å². The van der Waals surface area contributed by atoms with Crippen LogP contribution < -0.4 is 43.4 Å². The number of aliphatic hydroxyl groups is 2. The van der Waals surface area contributed by atoms with Gasteiger partial charge >= 0.3 is 60.7 Å². The molecule has 0 aromatic carbocycles. The number of alkyl halides is 20. The molecule has 2 heterocycles. The number of alkyl carbamates (subject to hydrolysis) is 4. The standard InChI is InChI=1S/C15H26F2N2O4.C15H31FN2O2.C14H29FN2O2.C9H14FNO4.C8H12FNO4.C5H9FO2.C4H7FO2.4C3H4F4O2/c1-14(2)6-11(19-13(21)23-10-17)7-15(3,8-14)9-18-12(20)22-5-4-16;1-14(2)6-12(17)7-15(3,10-14)11-18-8-13(19)9-20-5-4-16;1-13(2)4-11(16)5-14(3,8-13)9-17-6-12(18)7-19-10-15;1-7(2)8(12)14-6-4-11-9(13)15-5-3-10;1-6(2)7(11)13-4-3-10-8(12)14-5-9;6-1-2-7-3-5-4-8-5;5-3-6-1-4-2-7-4;4*4-2-8-3(5,6)1-9-7/h11H,4-10H2,1-3H3,(H,18,20)(H,19,21);12-13,18-19H,4-11,17H2,1-3H3;11-12,17-18H,4-10,16H2,1-3H3;1,3-6H2,2H3,(H,11,13);1,3-5H2,2H3,(H,10,12);5H,1-4H2;4H,1-3H2;4*1-2H2. The fourth-order valence-corrected chi connectivity index (χ4v) is 13.6. The van der Waals surface area contributed by atoms with Crippen molar-refractivity contribution in [3.8, 4) is 0 Å². The van der Waals surface area contributed by atoms with Crippen molar-refractivity contribution in [1.82, 2.24) is 31.9 Å². The van der Waals surface area contributed by atoms with Gasteiger partial charge in [-0.3, -0.25) is 18.9 Å². The smallest absolute Gasteiger partial charge is 0.409 e. The van der Waals surface area contributed by atoms with Crippen molar-refractivity contribution in [2.45, 2.75) is 201 Å². The first-order valence-corrected chi connectivity index (χ1v) is 43.1. The molecule has 10 atom stereocenters. The molecule has 0 aromatic rings. The molecule has 5 rings (SSSR count). The van der Waals surface area contributed by atoms with Crippen LogP contribution in [0.25, 0.3) is 0 Å². The number of carbonyl (C=O) groups is 6. The summed E-state index contributed by atoms with van der Waals surface area (Å²) >= 11 is 0. The maximum atomic E-state index is 12.0. The highest BCUT2D eigenvalue weighted by Gasteiger charge is 2.44. The Morgan fingerprint density at radius 3 is 1.01 bits per heavy atom. The van der Waals surface area contributed by atoms with Crippen LogP contribution in [-0.2, 0) is 105 Å². The molecule has 2 aliphatic heterocycles. The number of ether oxygens (including phenoxy) is 16. The lowest BCUT2D eigenvalue weighted by Gasteiger charge is -2.46. The van der Waals surface area contributed by atoms with E-state index < -0.39 is 181 Å². The molecule has 10 unspecified atom stereocenters. The normalized spacial score (nSPS) is 20.7. The lowest BCUT2D eigenvalue weighted by Crippen LogP contribution is -2.50. The molecule has 0 bridgehead atoms. The number of rotatable bonds is 55. The Balaban J connectivity index is -0.000000366. The van der Waals surface area contributed by atoms with Crippen LogP contribution >= 0.6 is 0 Å². The summed E-state index contributed by atoms with van der Waals surface area (Å²) in [6, 6.07) is 0.324. The average Bonchev–Trinajstić information content (AvgIpc) is 1.31. The first kappa shape index (κ1) is 146. The van der Waals surface area contributed by atoms with Crippen LogP contribution in [0.4, 0.5) is 125 Å². The second-order valence-electron chi connectivity index (χ2n) is 34.4. The maximum absolute atomic E-state index is 12.0. The molecule has 3 saturated carbocycles. The highest BCUT2D eigenvalue weighted by atomic mass is 19.3. The van der Waals surface area contributed by atoms with Crippen molar-refractivity contribution in [1.29, 1.82) is 0 Å². The molecule has 2 saturated heterocycles. The van der Waals surface area contributed by atoms with E-state index >= 15 is 0 Å². The van der Waals surface area contributed by atoms with Gasteiger partial charge in [-0.15, -0.1) is 0 Å². The van der Waals surface area contributed by atoms with Gasteiger partial charge < -0.3 is 110 Å².